The minimum atomic E-state index is 0.380. The minimum Gasteiger partial charge on any atom is -0.377 e. The van der Waals surface area contributed by atoms with E-state index in [0.29, 0.717) is 12.6 Å². The van der Waals surface area contributed by atoms with Gasteiger partial charge in [0.15, 0.2) is 0 Å². The quantitative estimate of drug-likeness (QED) is 0.882. The number of aromatic nitrogens is 2. The maximum atomic E-state index is 5.82. The highest BCUT2D eigenvalue weighted by atomic mass is 35.5. The lowest BCUT2D eigenvalue weighted by Crippen LogP contribution is -2.30. The van der Waals surface area contributed by atoms with Crippen LogP contribution < -0.4 is 5.32 Å². The maximum Gasteiger partial charge on any atom is 0.148 e. The van der Waals surface area contributed by atoms with Crippen LogP contribution in [0, 0.1) is 11.8 Å². The summed E-state index contributed by atoms with van der Waals surface area (Å²) in [7, 11) is 0. The van der Waals surface area contributed by atoms with Gasteiger partial charge in [-0.05, 0) is 24.3 Å². The largest absolute Gasteiger partial charge is 0.377 e. The first-order valence-electron chi connectivity index (χ1n) is 6.42. The van der Waals surface area contributed by atoms with Crippen LogP contribution in [0.2, 0.25) is 5.02 Å². The monoisotopic (exact) mass is 287 g/mol. The van der Waals surface area contributed by atoms with Crippen molar-refractivity contribution in [1.82, 2.24) is 9.78 Å². The van der Waals surface area contributed by atoms with E-state index in [1.807, 2.05) is 41.2 Å². The Morgan fingerprint density at radius 2 is 2.10 bits per heavy atom. The van der Waals surface area contributed by atoms with Gasteiger partial charge >= 0.3 is 0 Å². The Morgan fingerprint density at radius 1 is 1.30 bits per heavy atom. The molecule has 102 valence electrons. The van der Waals surface area contributed by atoms with Gasteiger partial charge in [0, 0.05) is 22.8 Å². The lowest BCUT2D eigenvalue weighted by Gasteiger charge is -2.25. The summed E-state index contributed by atoms with van der Waals surface area (Å²) in [6.07, 6.45) is 1.96. The van der Waals surface area contributed by atoms with Gasteiger partial charge in [0.2, 0.25) is 0 Å². The number of hydrogen-bond donors (Lipinski definition) is 1. The van der Waals surface area contributed by atoms with E-state index in [0.717, 1.165) is 29.6 Å². The Bertz CT molecular complexity index is 635. The molecule has 5 heteroatoms. The van der Waals surface area contributed by atoms with E-state index in [9.17, 15) is 0 Å². The molecule has 0 radical (unpaired) electrons. The number of ether oxygens (including phenoxy) is 1. The summed E-state index contributed by atoms with van der Waals surface area (Å²) >= 11 is 5.82. The van der Waals surface area contributed by atoms with Crippen molar-refractivity contribution in [2.24, 2.45) is 0 Å². The highest BCUT2D eigenvalue weighted by Crippen LogP contribution is 2.17. The Morgan fingerprint density at radius 3 is 2.80 bits per heavy atom. The predicted octanol–water partition coefficient (Wildman–Crippen LogP) is 2.57. The molecule has 1 aliphatic heterocycles. The molecule has 1 aliphatic rings. The van der Waals surface area contributed by atoms with Crippen LogP contribution in [-0.2, 0) is 4.74 Å². The summed E-state index contributed by atoms with van der Waals surface area (Å²) in [4.78, 5) is 0. The topological polar surface area (TPSA) is 39.1 Å². The third kappa shape index (κ3) is 3.13. The third-order valence-corrected chi connectivity index (χ3v) is 3.29. The molecule has 0 bridgehead atoms. The zero-order chi connectivity index (χ0) is 13.8. The lowest BCUT2D eigenvalue weighted by molar-refractivity contribution is -0.0285. The molecule has 1 aromatic heterocycles. The van der Waals surface area contributed by atoms with Crippen LogP contribution in [0.5, 0.6) is 0 Å². The van der Waals surface area contributed by atoms with Crippen LogP contribution in [0.25, 0.3) is 0 Å². The van der Waals surface area contributed by atoms with Gasteiger partial charge in [-0.15, -0.1) is 0 Å². The molecule has 2 aromatic rings. The van der Waals surface area contributed by atoms with E-state index >= 15 is 0 Å². The molecule has 1 aromatic carbocycles. The van der Waals surface area contributed by atoms with Gasteiger partial charge in [-0.1, -0.05) is 23.4 Å². The van der Waals surface area contributed by atoms with Crippen molar-refractivity contribution in [3.8, 4) is 11.8 Å². The number of benzene rings is 1. The fourth-order valence-corrected chi connectivity index (χ4v) is 1.95. The van der Waals surface area contributed by atoms with Gasteiger partial charge in [-0.2, -0.15) is 5.10 Å². The summed E-state index contributed by atoms with van der Waals surface area (Å²) in [5.74, 6) is 6.96. The highest BCUT2D eigenvalue weighted by Gasteiger charge is 2.20. The molecule has 0 atom stereocenters. The van der Waals surface area contributed by atoms with Gasteiger partial charge < -0.3 is 10.1 Å². The Kier molecular flexibility index (Phi) is 3.91. The van der Waals surface area contributed by atoms with E-state index in [-0.39, 0.29) is 0 Å². The average molecular weight is 288 g/mol. The molecular formula is C15H14ClN3O. The summed E-state index contributed by atoms with van der Waals surface area (Å²) < 4.78 is 7.07. The van der Waals surface area contributed by atoms with E-state index in [2.05, 4.69) is 22.3 Å². The first-order chi connectivity index (χ1) is 9.81. The Hall–Kier alpha value is -1.96. The molecule has 1 saturated heterocycles. The number of halogens is 1. The fraction of sp³-hybridized carbons (Fsp3) is 0.267. The highest BCUT2D eigenvalue weighted by molar-refractivity contribution is 6.30. The first kappa shape index (κ1) is 13.0. The zero-order valence-corrected chi connectivity index (χ0v) is 11.6. The molecule has 3 rings (SSSR count). The van der Waals surface area contributed by atoms with Gasteiger partial charge in [0.25, 0.3) is 0 Å². The number of anilines is 1. The molecule has 0 saturated carbocycles. The van der Waals surface area contributed by atoms with Gasteiger partial charge in [0.05, 0.1) is 25.8 Å². The van der Waals surface area contributed by atoms with Crippen LogP contribution in [0.1, 0.15) is 11.6 Å². The predicted molar refractivity (Wildman–Crippen MR) is 78.9 cm³/mol. The summed E-state index contributed by atoms with van der Waals surface area (Å²) in [5, 5.41) is 8.33. The second kappa shape index (κ2) is 6.00. The second-order valence-electron chi connectivity index (χ2n) is 4.53. The Balaban J connectivity index is 1.52. The SMILES string of the molecule is Clc1ccc(C#CCNc2ccn(C3COC3)n2)cc1. The van der Waals surface area contributed by atoms with Crippen molar-refractivity contribution < 1.29 is 4.74 Å². The minimum absolute atomic E-state index is 0.380. The fourth-order valence-electron chi connectivity index (χ4n) is 1.83. The molecule has 2 heterocycles. The second-order valence-corrected chi connectivity index (χ2v) is 4.97. The summed E-state index contributed by atoms with van der Waals surface area (Å²) in [6, 6.07) is 9.80. The van der Waals surface area contributed by atoms with Crippen molar-refractivity contribution in [2.75, 3.05) is 25.1 Å². The van der Waals surface area contributed by atoms with E-state index in [4.69, 9.17) is 16.3 Å². The molecule has 0 spiro atoms. The molecular weight excluding hydrogens is 274 g/mol. The number of rotatable bonds is 3. The van der Waals surface area contributed by atoms with E-state index < -0.39 is 0 Å². The Labute approximate surface area is 122 Å². The first-order valence-corrected chi connectivity index (χ1v) is 6.80. The molecule has 1 N–H and O–H groups in total. The van der Waals surface area contributed by atoms with Crippen molar-refractivity contribution >= 4 is 17.4 Å². The third-order valence-electron chi connectivity index (χ3n) is 3.04. The van der Waals surface area contributed by atoms with Crippen LogP contribution in [-0.4, -0.2) is 29.5 Å². The zero-order valence-electron chi connectivity index (χ0n) is 10.8. The van der Waals surface area contributed by atoms with Gasteiger partial charge in [-0.25, -0.2) is 0 Å². The standard InChI is InChI=1S/C15H14ClN3O/c16-13-5-3-12(4-6-13)2-1-8-17-15-7-9-19(18-15)14-10-20-11-14/h3-7,9,14H,8,10-11H2,(H,17,18). The van der Waals surface area contributed by atoms with Crippen molar-refractivity contribution in [3.05, 3.63) is 47.1 Å². The van der Waals surface area contributed by atoms with Gasteiger partial charge in [-0.3, -0.25) is 4.68 Å². The molecule has 4 nitrogen and oxygen atoms in total. The van der Waals surface area contributed by atoms with Crippen molar-refractivity contribution in [2.45, 2.75) is 6.04 Å². The molecule has 0 amide bonds. The van der Waals surface area contributed by atoms with Gasteiger partial charge in [0.1, 0.15) is 5.82 Å². The average Bonchev–Trinajstić information content (AvgIpc) is 2.83. The summed E-state index contributed by atoms with van der Waals surface area (Å²) in [6.45, 7) is 2.05. The number of hydrogen-bond acceptors (Lipinski definition) is 3. The van der Waals surface area contributed by atoms with Crippen molar-refractivity contribution in [3.63, 3.8) is 0 Å². The number of nitrogens with zero attached hydrogens (tertiary/aromatic N) is 2. The molecule has 0 aliphatic carbocycles. The summed E-state index contributed by atoms with van der Waals surface area (Å²) in [5.41, 5.74) is 0.952. The maximum absolute atomic E-state index is 5.82. The normalized spacial score (nSPS) is 14.2. The van der Waals surface area contributed by atoms with Crippen molar-refractivity contribution in [1.29, 1.82) is 0 Å². The molecule has 20 heavy (non-hydrogen) atoms. The van der Waals surface area contributed by atoms with E-state index in [1.54, 1.807) is 0 Å². The van der Waals surface area contributed by atoms with Crippen LogP contribution in [0.15, 0.2) is 36.5 Å². The smallest absolute Gasteiger partial charge is 0.148 e. The molecule has 1 fully saturated rings. The van der Waals surface area contributed by atoms with E-state index in [1.165, 1.54) is 0 Å². The molecule has 0 unspecified atom stereocenters. The number of nitrogens with one attached hydrogen (secondary N) is 1. The van der Waals surface area contributed by atoms with Crippen LogP contribution >= 0.6 is 11.6 Å². The van der Waals surface area contributed by atoms with Crippen LogP contribution in [0.3, 0.4) is 0 Å². The van der Waals surface area contributed by atoms with Crippen LogP contribution in [0.4, 0.5) is 5.82 Å². The lowest BCUT2D eigenvalue weighted by atomic mass is 10.2.